The van der Waals surface area contributed by atoms with Gasteiger partial charge in [-0.2, -0.15) is 0 Å². The molecule has 0 amide bonds. The van der Waals surface area contributed by atoms with E-state index >= 15 is 0 Å². The summed E-state index contributed by atoms with van der Waals surface area (Å²) in [6, 6.07) is 17.3. The average molecular weight is 321 g/mol. The van der Waals surface area contributed by atoms with Crippen LogP contribution >= 0.6 is 35.4 Å². The Balaban J connectivity index is 2.10. The van der Waals surface area contributed by atoms with Gasteiger partial charge in [0, 0.05) is 6.07 Å². The van der Waals surface area contributed by atoms with Gasteiger partial charge in [0.05, 0.1) is 21.4 Å². The minimum absolute atomic E-state index is 0.502. The van der Waals surface area contributed by atoms with E-state index in [0.717, 1.165) is 16.9 Å². The second-order valence-corrected chi connectivity index (χ2v) is 5.54. The molecule has 0 unspecified atom stereocenters. The minimum atomic E-state index is 0.502. The molecule has 1 aromatic heterocycles. The standard InChI is InChI=1S/C15H10Cl2N2S/c16-12-7-6-11(8-13(12)17)19-15(20)9-14(18-19)10-4-2-1-3-5-10/h1-9,18H. The molecular weight excluding hydrogens is 311 g/mol. The summed E-state index contributed by atoms with van der Waals surface area (Å²) in [6.45, 7) is 0. The highest BCUT2D eigenvalue weighted by molar-refractivity contribution is 7.71. The number of nitrogens with zero attached hydrogens (tertiary/aromatic N) is 1. The Morgan fingerprint density at radius 2 is 1.65 bits per heavy atom. The number of H-pyrrole nitrogens is 1. The quantitative estimate of drug-likeness (QED) is 0.617. The largest absolute Gasteiger partial charge is 0.292 e. The summed E-state index contributed by atoms with van der Waals surface area (Å²) in [5, 5.41) is 4.30. The topological polar surface area (TPSA) is 20.7 Å². The molecule has 2 nitrogen and oxygen atoms in total. The number of aromatic nitrogens is 2. The minimum Gasteiger partial charge on any atom is -0.292 e. The first-order valence-electron chi connectivity index (χ1n) is 5.98. The van der Waals surface area contributed by atoms with E-state index < -0.39 is 0 Å². The lowest BCUT2D eigenvalue weighted by molar-refractivity contribution is 0.873. The average Bonchev–Trinajstić information content (AvgIpc) is 2.85. The Morgan fingerprint density at radius 3 is 2.35 bits per heavy atom. The zero-order valence-electron chi connectivity index (χ0n) is 10.3. The van der Waals surface area contributed by atoms with Crippen molar-refractivity contribution in [2.75, 3.05) is 0 Å². The maximum absolute atomic E-state index is 6.05. The lowest BCUT2D eigenvalue weighted by Gasteiger charge is -2.05. The number of nitrogens with one attached hydrogen (secondary N) is 1. The lowest BCUT2D eigenvalue weighted by atomic mass is 10.2. The molecule has 1 heterocycles. The SMILES string of the molecule is S=c1cc(-c2ccccc2)[nH]n1-c1ccc(Cl)c(Cl)c1. The Bertz CT molecular complexity index is 806. The number of rotatable bonds is 2. The van der Waals surface area contributed by atoms with E-state index in [-0.39, 0.29) is 0 Å². The first-order chi connectivity index (χ1) is 9.65. The molecule has 0 aliphatic heterocycles. The molecule has 3 rings (SSSR count). The first-order valence-corrected chi connectivity index (χ1v) is 7.14. The van der Waals surface area contributed by atoms with Crippen molar-refractivity contribution in [2.45, 2.75) is 0 Å². The van der Waals surface area contributed by atoms with Gasteiger partial charge in [-0.25, -0.2) is 4.68 Å². The van der Waals surface area contributed by atoms with Crippen LogP contribution in [0.4, 0.5) is 0 Å². The van der Waals surface area contributed by atoms with Crippen molar-refractivity contribution in [3.8, 4) is 16.9 Å². The molecule has 0 aliphatic carbocycles. The predicted octanol–water partition coefficient (Wildman–Crippen LogP) is 5.51. The van der Waals surface area contributed by atoms with Crippen LogP contribution in [0, 0.1) is 4.64 Å². The summed E-state index contributed by atoms with van der Waals surface area (Å²) in [5.41, 5.74) is 2.89. The Kier molecular flexibility index (Phi) is 3.66. The normalized spacial score (nSPS) is 10.7. The van der Waals surface area contributed by atoms with E-state index in [1.54, 1.807) is 16.8 Å². The molecule has 0 atom stereocenters. The number of halogens is 2. The van der Waals surface area contributed by atoms with Crippen molar-refractivity contribution in [3.63, 3.8) is 0 Å². The molecule has 20 heavy (non-hydrogen) atoms. The fourth-order valence-corrected chi connectivity index (χ4v) is 2.54. The summed E-state index contributed by atoms with van der Waals surface area (Å²) >= 11 is 17.4. The van der Waals surface area contributed by atoms with Crippen molar-refractivity contribution in [1.82, 2.24) is 9.78 Å². The molecule has 1 N–H and O–H groups in total. The summed E-state index contributed by atoms with van der Waals surface area (Å²) in [5.74, 6) is 0. The second-order valence-electron chi connectivity index (χ2n) is 4.31. The Hall–Kier alpha value is -1.55. The molecular formula is C15H10Cl2N2S. The molecule has 2 aromatic carbocycles. The van der Waals surface area contributed by atoms with Crippen molar-refractivity contribution < 1.29 is 0 Å². The fourth-order valence-electron chi connectivity index (χ4n) is 1.98. The highest BCUT2D eigenvalue weighted by Gasteiger charge is 2.06. The third kappa shape index (κ3) is 2.52. The van der Waals surface area contributed by atoms with Crippen LogP contribution in [0.25, 0.3) is 16.9 Å². The Labute approximate surface area is 131 Å². The molecule has 0 radical (unpaired) electrons. The molecule has 0 aliphatic rings. The van der Waals surface area contributed by atoms with E-state index in [1.807, 2.05) is 42.5 Å². The van der Waals surface area contributed by atoms with Gasteiger partial charge in [0.15, 0.2) is 0 Å². The van der Waals surface area contributed by atoms with Crippen molar-refractivity contribution in [3.05, 3.63) is 69.3 Å². The monoisotopic (exact) mass is 320 g/mol. The number of hydrogen-bond donors (Lipinski definition) is 1. The maximum atomic E-state index is 6.05. The summed E-state index contributed by atoms with van der Waals surface area (Å²) < 4.78 is 2.49. The molecule has 0 spiro atoms. The summed E-state index contributed by atoms with van der Waals surface area (Å²) in [7, 11) is 0. The van der Waals surface area contributed by atoms with E-state index in [2.05, 4.69) is 5.10 Å². The number of benzene rings is 2. The smallest absolute Gasteiger partial charge is 0.128 e. The Morgan fingerprint density at radius 1 is 0.900 bits per heavy atom. The van der Waals surface area contributed by atoms with Gasteiger partial charge in [0.25, 0.3) is 0 Å². The van der Waals surface area contributed by atoms with E-state index in [1.165, 1.54) is 0 Å². The molecule has 0 saturated heterocycles. The molecule has 100 valence electrons. The van der Waals surface area contributed by atoms with Crippen molar-refractivity contribution in [2.24, 2.45) is 0 Å². The van der Waals surface area contributed by atoms with Crippen molar-refractivity contribution >= 4 is 35.4 Å². The predicted molar refractivity (Wildman–Crippen MR) is 86.4 cm³/mol. The first kappa shape index (κ1) is 13.4. The molecule has 0 fully saturated rings. The highest BCUT2D eigenvalue weighted by atomic mass is 35.5. The van der Waals surface area contributed by atoms with Crippen LogP contribution in [-0.2, 0) is 0 Å². The zero-order chi connectivity index (χ0) is 14.1. The zero-order valence-corrected chi connectivity index (χ0v) is 12.6. The van der Waals surface area contributed by atoms with Gasteiger partial charge in [-0.15, -0.1) is 0 Å². The van der Waals surface area contributed by atoms with Crippen LogP contribution in [-0.4, -0.2) is 9.78 Å². The molecule has 3 aromatic rings. The van der Waals surface area contributed by atoms with Gasteiger partial charge in [-0.1, -0.05) is 65.8 Å². The second kappa shape index (κ2) is 5.44. The van der Waals surface area contributed by atoms with Gasteiger partial charge in [0.1, 0.15) is 4.64 Å². The van der Waals surface area contributed by atoms with Gasteiger partial charge in [-0.05, 0) is 23.8 Å². The maximum Gasteiger partial charge on any atom is 0.128 e. The van der Waals surface area contributed by atoms with Gasteiger partial charge < -0.3 is 0 Å². The molecule has 0 saturated carbocycles. The van der Waals surface area contributed by atoms with E-state index in [9.17, 15) is 0 Å². The summed E-state index contributed by atoms with van der Waals surface area (Å²) in [6.07, 6.45) is 0. The van der Waals surface area contributed by atoms with E-state index in [0.29, 0.717) is 14.7 Å². The number of aromatic amines is 1. The van der Waals surface area contributed by atoms with Crippen LogP contribution in [0.5, 0.6) is 0 Å². The van der Waals surface area contributed by atoms with Crippen LogP contribution in [0.3, 0.4) is 0 Å². The van der Waals surface area contributed by atoms with Gasteiger partial charge >= 0.3 is 0 Å². The van der Waals surface area contributed by atoms with Crippen molar-refractivity contribution in [1.29, 1.82) is 0 Å². The molecule has 0 bridgehead atoms. The van der Waals surface area contributed by atoms with Crippen LogP contribution in [0.1, 0.15) is 0 Å². The van der Waals surface area contributed by atoms with Crippen LogP contribution in [0.15, 0.2) is 54.6 Å². The third-order valence-electron chi connectivity index (χ3n) is 2.97. The van der Waals surface area contributed by atoms with Crippen LogP contribution in [0.2, 0.25) is 10.0 Å². The highest BCUT2D eigenvalue weighted by Crippen LogP contribution is 2.25. The molecule has 5 heteroatoms. The van der Waals surface area contributed by atoms with Gasteiger partial charge in [0.2, 0.25) is 0 Å². The summed E-state index contributed by atoms with van der Waals surface area (Å²) in [4.78, 5) is 0. The van der Waals surface area contributed by atoms with E-state index in [4.69, 9.17) is 35.4 Å². The fraction of sp³-hybridized carbons (Fsp3) is 0. The third-order valence-corrected chi connectivity index (χ3v) is 4.01. The van der Waals surface area contributed by atoms with Gasteiger partial charge in [-0.3, -0.25) is 5.10 Å². The lowest BCUT2D eigenvalue weighted by Crippen LogP contribution is -1.96. The number of hydrogen-bond acceptors (Lipinski definition) is 1. The van der Waals surface area contributed by atoms with Crippen LogP contribution < -0.4 is 0 Å².